The van der Waals surface area contributed by atoms with Gasteiger partial charge in [-0.2, -0.15) is 5.10 Å². The number of benzene rings is 4. The number of carbonyl (C=O) groups excluding carboxylic acids is 3. The van der Waals surface area contributed by atoms with E-state index >= 15 is 0 Å². The van der Waals surface area contributed by atoms with Gasteiger partial charge < -0.3 is 14.8 Å². The molecule has 0 radical (unpaired) electrons. The first-order valence-corrected chi connectivity index (χ1v) is 11.6. The number of nitrogens with zero attached hydrogens (tertiary/aromatic N) is 1. The standard InChI is InChI=1S/C28H22ClN3O5/c1-36-20-13-10-19(11-14-20)27(34)30-17-26(33)32-31-16-23-21-7-3-2-6-18(21)12-15-25(23)37-28(35)22-8-4-5-9-24(22)29/h2-16H,17H2,1H3,(H,30,34)(H,32,33)/b31-16+. The maximum Gasteiger partial charge on any atom is 0.345 e. The Labute approximate surface area is 217 Å². The predicted molar refractivity (Wildman–Crippen MR) is 141 cm³/mol. The third kappa shape index (κ3) is 6.31. The van der Waals surface area contributed by atoms with Gasteiger partial charge in [-0.05, 0) is 53.2 Å². The number of nitrogens with one attached hydrogen (secondary N) is 2. The second-order valence-electron chi connectivity index (χ2n) is 7.77. The van der Waals surface area contributed by atoms with Gasteiger partial charge in [0, 0.05) is 11.1 Å². The van der Waals surface area contributed by atoms with Crippen molar-refractivity contribution in [1.29, 1.82) is 0 Å². The van der Waals surface area contributed by atoms with Gasteiger partial charge in [-0.3, -0.25) is 9.59 Å². The number of rotatable bonds is 8. The number of hydrazone groups is 1. The fourth-order valence-electron chi connectivity index (χ4n) is 3.49. The molecule has 4 aromatic carbocycles. The largest absolute Gasteiger partial charge is 0.497 e. The Balaban J connectivity index is 1.46. The molecule has 2 N–H and O–H groups in total. The topological polar surface area (TPSA) is 106 Å². The molecule has 0 fully saturated rings. The Kier molecular flexibility index (Phi) is 8.12. The second kappa shape index (κ2) is 11.8. The molecule has 37 heavy (non-hydrogen) atoms. The van der Waals surface area contributed by atoms with Crippen LogP contribution >= 0.6 is 11.6 Å². The predicted octanol–water partition coefficient (Wildman–Crippen LogP) is 4.60. The van der Waals surface area contributed by atoms with Crippen LogP contribution in [0.3, 0.4) is 0 Å². The van der Waals surface area contributed by atoms with Crippen LogP contribution in [-0.4, -0.2) is 37.7 Å². The molecule has 8 nitrogen and oxygen atoms in total. The first kappa shape index (κ1) is 25.4. The molecule has 0 saturated heterocycles. The molecule has 0 atom stereocenters. The molecule has 0 aliphatic carbocycles. The summed E-state index contributed by atoms with van der Waals surface area (Å²) < 4.78 is 10.7. The van der Waals surface area contributed by atoms with Crippen LogP contribution in [0.15, 0.2) is 90.0 Å². The number of carbonyl (C=O) groups is 3. The van der Waals surface area contributed by atoms with Crippen molar-refractivity contribution in [2.24, 2.45) is 5.10 Å². The van der Waals surface area contributed by atoms with E-state index in [2.05, 4.69) is 15.8 Å². The summed E-state index contributed by atoms with van der Waals surface area (Å²) in [6.07, 6.45) is 1.39. The molecule has 0 saturated carbocycles. The number of methoxy groups -OCH3 is 1. The van der Waals surface area contributed by atoms with Crippen molar-refractivity contribution in [2.75, 3.05) is 13.7 Å². The normalized spacial score (nSPS) is 10.8. The van der Waals surface area contributed by atoms with E-state index in [9.17, 15) is 14.4 Å². The van der Waals surface area contributed by atoms with Crippen molar-refractivity contribution in [1.82, 2.24) is 10.7 Å². The third-order valence-electron chi connectivity index (χ3n) is 5.37. The van der Waals surface area contributed by atoms with E-state index in [1.807, 2.05) is 30.3 Å². The average molecular weight is 516 g/mol. The molecule has 9 heteroatoms. The molecule has 0 bridgehead atoms. The first-order valence-electron chi connectivity index (χ1n) is 11.2. The van der Waals surface area contributed by atoms with Crippen molar-refractivity contribution < 1.29 is 23.9 Å². The van der Waals surface area contributed by atoms with Crippen LogP contribution in [0.4, 0.5) is 0 Å². The van der Waals surface area contributed by atoms with Gasteiger partial charge in [0.15, 0.2) is 0 Å². The molecule has 4 aromatic rings. The lowest BCUT2D eigenvalue weighted by molar-refractivity contribution is -0.120. The minimum atomic E-state index is -0.624. The van der Waals surface area contributed by atoms with Gasteiger partial charge in [0.2, 0.25) is 0 Å². The van der Waals surface area contributed by atoms with Crippen molar-refractivity contribution in [3.63, 3.8) is 0 Å². The Morgan fingerprint density at radius 1 is 0.919 bits per heavy atom. The Bertz CT molecular complexity index is 1490. The van der Waals surface area contributed by atoms with E-state index < -0.39 is 17.8 Å². The number of fused-ring (bicyclic) bond motifs is 1. The van der Waals surface area contributed by atoms with Gasteiger partial charge >= 0.3 is 5.97 Å². The minimum absolute atomic E-state index is 0.223. The zero-order valence-electron chi connectivity index (χ0n) is 19.7. The van der Waals surface area contributed by atoms with Gasteiger partial charge in [-0.15, -0.1) is 0 Å². The molecule has 0 aromatic heterocycles. The van der Waals surface area contributed by atoms with Crippen molar-refractivity contribution in [3.05, 3.63) is 107 Å². The highest BCUT2D eigenvalue weighted by molar-refractivity contribution is 6.33. The van der Waals surface area contributed by atoms with Crippen LogP contribution < -0.4 is 20.2 Å². The van der Waals surface area contributed by atoms with Gasteiger partial charge in [-0.25, -0.2) is 10.2 Å². The lowest BCUT2D eigenvalue weighted by Crippen LogP contribution is -2.34. The van der Waals surface area contributed by atoms with Crippen molar-refractivity contribution >= 4 is 46.4 Å². The van der Waals surface area contributed by atoms with E-state index in [1.165, 1.54) is 13.3 Å². The van der Waals surface area contributed by atoms with Crippen LogP contribution in [0.2, 0.25) is 5.02 Å². The summed E-state index contributed by atoms with van der Waals surface area (Å²) in [7, 11) is 1.53. The summed E-state index contributed by atoms with van der Waals surface area (Å²) in [4.78, 5) is 37.2. The highest BCUT2D eigenvalue weighted by Crippen LogP contribution is 2.28. The lowest BCUT2D eigenvalue weighted by atomic mass is 10.0. The summed E-state index contributed by atoms with van der Waals surface area (Å²) >= 11 is 6.13. The minimum Gasteiger partial charge on any atom is -0.497 e. The van der Waals surface area contributed by atoms with Crippen LogP contribution in [0.25, 0.3) is 10.8 Å². The van der Waals surface area contributed by atoms with E-state index in [-0.39, 0.29) is 22.9 Å². The SMILES string of the molecule is COc1ccc(C(=O)NCC(=O)N/N=C/c2c(OC(=O)c3ccccc3Cl)ccc3ccccc23)cc1. The van der Waals surface area contributed by atoms with Crippen LogP contribution in [0.5, 0.6) is 11.5 Å². The molecule has 0 aliphatic rings. The quantitative estimate of drug-likeness (QED) is 0.154. The average Bonchev–Trinajstić information content (AvgIpc) is 2.93. The lowest BCUT2D eigenvalue weighted by Gasteiger charge is -2.11. The van der Waals surface area contributed by atoms with Crippen LogP contribution in [-0.2, 0) is 4.79 Å². The van der Waals surface area contributed by atoms with E-state index in [0.717, 1.165) is 10.8 Å². The van der Waals surface area contributed by atoms with E-state index in [4.69, 9.17) is 21.1 Å². The number of esters is 1. The smallest absolute Gasteiger partial charge is 0.345 e. The highest BCUT2D eigenvalue weighted by atomic mass is 35.5. The molecule has 0 heterocycles. The molecule has 4 rings (SSSR count). The van der Waals surface area contributed by atoms with E-state index in [1.54, 1.807) is 54.6 Å². The van der Waals surface area contributed by atoms with Gasteiger partial charge in [0.25, 0.3) is 11.8 Å². The fraction of sp³-hybridized carbons (Fsp3) is 0.0714. The first-order chi connectivity index (χ1) is 18.0. The monoisotopic (exact) mass is 515 g/mol. The number of hydrogen-bond acceptors (Lipinski definition) is 6. The Hall–Kier alpha value is -4.69. The van der Waals surface area contributed by atoms with Crippen molar-refractivity contribution in [2.45, 2.75) is 0 Å². The number of halogens is 1. The summed E-state index contributed by atoms with van der Waals surface area (Å²) in [5.41, 5.74) is 3.47. The number of amides is 2. The maximum atomic E-state index is 12.7. The zero-order valence-corrected chi connectivity index (χ0v) is 20.5. The molecule has 186 valence electrons. The molecule has 0 spiro atoms. The van der Waals surface area contributed by atoms with Gasteiger partial charge in [-0.1, -0.05) is 54.1 Å². The van der Waals surface area contributed by atoms with E-state index in [0.29, 0.717) is 16.9 Å². The summed E-state index contributed by atoms with van der Waals surface area (Å²) in [6.45, 7) is -0.286. The molecular weight excluding hydrogens is 494 g/mol. The Morgan fingerprint density at radius 3 is 2.41 bits per heavy atom. The fourth-order valence-corrected chi connectivity index (χ4v) is 3.71. The number of hydrogen-bond donors (Lipinski definition) is 2. The maximum absolute atomic E-state index is 12.7. The molecule has 2 amide bonds. The zero-order chi connectivity index (χ0) is 26.2. The molecule has 0 aliphatic heterocycles. The van der Waals surface area contributed by atoms with Crippen LogP contribution in [0.1, 0.15) is 26.3 Å². The molecule has 0 unspecified atom stereocenters. The summed E-state index contributed by atoms with van der Waals surface area (Å²) in [5, 5.41) is 8.46. The Morgan fingerprint density at radius 2 is 1.65 bits per heavy atom. The summed E-state index contributed by atoms with van der Waals surface area (Å²) in [6, 6.07) is 24.0. The van der Waals surface area contributed by atoms with Gasteiger partial charge in [0.05, 0.1) is 30.5 Å². The highest BCUT2D eigenvalue weighted by Gasteiger charge is 2.16. The van der Waals surface area contributed by atoms with Gasteiger partial charge in [0.1, 0.15) is 11.5 Å². The van der Waals surface area contributed by atoms with Crippen molar-refractivity contribution in [3.8, 4) is 11.5 Å². The summed E-state index contributed by atoms with van der Waals surface area (Å²) in [5.74, 6) is -0.707. The molecular formula is C28H22ClN3O5. The van der Waals surface area contributed by atoms with Crippen LogP contribution in [0, 0.1) is 0 Å². The number of ether oxygens (including phenoxy) is 2. The third-order valence-corrected chi connectivity index (χ3v) is 5.70. The second-order valence-corrected chi connectivity index (χ2v) is 8.18.